The average molecular weight is 374 g/mol. The fourth-order valence-corrected chi connectivity index (χ4v) is 3.26. The number of nitrogens with zero attached hydrogens (tertiary/aromatic N) is 2. The molecule has 0 saturated carbocycles. The molecule has 1 aliphatic rings. The van der Waals surface area contributed by atoms with Gasteiger partial charge in [-0.3, -0.25) is 9.69 Å². The number of anilines is 1. The highest BCUT2D eigenvalue weighted by molar-refractivity contribution is 6.30. The van der Waals surface area contributed by atoms with E-state index in [0.29, 0.717) is 23.9 Å². The first-order valence-corrected chi connectivity index (χ1v) is 8.86. The van der Waals surface area contributed by atoms with Crippen molar-refractivity contribution in [2.24, 2.45) is 5.92 Å². The highest BCUT2D eigenvalue weighted by atomic mass is 35.5. The summed E-state index contributed by atoms with van der Waals surface area (Å²) >= 11 is 5.81. The van der Waals surface area contributed by atoms with Crippen LogP contribution in [0.2, 0.25) is 5.02 Å². The number of amides is 1. The minimum Gasteiger partial charge on any atom is -0.478 e. The van der Waals surface area contributed by atoms with Gasteiger partial charge in [0.1, 0.15) is 5.82 Å². The van der Waals surface area contributed by atoms with Gasteiger partial charge in [-0.15, -0.1) is 0 Å². The van der Waals surface area contributed by atoms with E-state index in [1.165, 1.54) is 6.20 Å². The SMILES string of the molecule is O=C(O)c1cccc(CN2CCCC(C(=O)Nc3ccc(Cl)cn3)C2)c1. The smallest absolute Gasteiger partial charge is 0.335 e. The summed E-state index contributed by atoms with van der Waals surface area (Å²) in [5.74, 6) is -0.614. The molecule has 1 aliphatic heterocycles. The van der Waals surface area contributed by atoms with Crippen LogP contribution < -0.4 is 5.32 Å². The Morgan fingerprint density at radius 2 is 2.15 bits per heavy atom. The molecule has 1 saturated heterocycles. The number of hydrogen-bond acceptors (Lipinski definition) is 4. The van der Waals surface area contributed by atoms with Crippen molar-refractivity contribution in [3.8, 4) is 0 Å². The maximum atomic E-state index is 12.5. The number of aromatic nitrogens is 1. The van der Waals surface area contributed by atoms with Crippen LogP contribution in [0.25, 0.3) is 0 Å². The third-order valence-electron chi connectivity index (χ3n) is 4.44. The number of carbonyl (C=O) groups is 2. The maximum Gasteiger partial charge on any atom is 0.335 e. The third-order valence-corrected chi connectivity index (χ3v) is 4.66. The largest absolute Gasteiger partial charge is 0.478 e. The first-order valence-electron chi connectivity index (χ1n) is 8.48. The summed E-state index contributed by atoms with van der Waals surface area (Å²) in [5, 5.41) is 12.5. The van der Waals surface area contributed by atoms with Gasteiger partial charge >= 0.3 is 5.97 Å². The molecular weight excluding hydrogens is 354 g/mol. The van der Waals surface area contributed by atoms with E-state index in [0.717, 1.165) is 24.9 Å². The predicted octanol–water partition coefficient (Wildman–Crippen LogP) is 3.28. The van der Waals surface area contributed by atoms with Gasteiger partial charge in [-0.05, 0) is 49.2 Å². The summed E-state index contributed by atoms with van der Waals surface area (Å²) in [6.07, 6.45) is 3.25. The molecule has 26 heavy (non-hydrogen) atoms. The summed E-state index contributed by atoms with van der Waals surface area (Å²) in [4.78, 5) is 29.9. The molecule has 1 aromatic carbocycles. The molecule has 1 amide bonds. The molecular formula is C19H20ClN3O3. The zero-order chi connectivity index (χ0) is 18.5. The standard InChI is InChI=1S/C19H20ClN3O3/c20-16-6-7-17(21-10-16)22-18(24)15-5-2-8-23(12-15)11-13-3-1-4-14(9-13)19(25)26/h1,3-4,6-7,9-10,15H,2,5,8,11-12H2,(H,25,26)(H,21,22,24). The predicted molar refractivity (Wildman–Crippen MR) is 99.3 cm³/mol. The highest BCUT2D eigenvalue weighted by Crippen LogP contribution is 2.21. The molecule has 0 bridgehead atoms. The minimum absolute atomic E-state index is 0.0520. The molecule has 1 fully saturated rings. The lowest BCUT2D eigenvalue weighted by Gasteiger charge is -2.32. The first kappa shape index (κ1) is 18.4. The molecule has 0 radical (unpaired) electrons. The number of carboxylic acid groups (broad SMARTS) is 1. The minimum atomic E-state index is -0.932. The third kappa shape index (κ3) is 4.80. The lowest BCUT2D eigenvalue weighted by atomic mass is 9.96. The van der Waals surface area contributed by atoms with Crippen LogP contribution in [0.4, 0.5) is 5.82 Å². The molecule has 6 nitrogen and oxygen atoms in total. The molecule has 7 heteroatoms. The summed E-state index contributed by atoms with van der Waals surface area (Å²) in [6, 6.07) is 10.3. The Hall–Kier alpha value is -2.44. The van der Waals surface area contributed by atoms with E-state index in [4.69, 9.17) is 16.7 Å². The Bertz CT molecular complexity index is 795. The quantitative estimate of drug-likeness (QED) is 0.840. The molecule has 2 heterocycles. The monoisotopic (exact) mass is 373 g/mol. The lowest BCUT2D eigenvalue weighted by molar-refractivity contribution is -0.121. The van der Waals surface area contributed by atoms with Crippen LogP contribution in [0.1, 0.15) is 28.8 Å². The zero-order valence-corrected chi connectivity index (χ0v) is 14.9. The van der Waals surface area contributed by atoms with E-state index in [1.807, 2.05) is 6.07 Å². The summed E-state index contributed by atoms with van der Waals surface area (Å²) in [5.41, 5.74) is 1.22. The van der Waals surface area contributed by atoms with Crippen molar-refractivity contribution < 1.29 is 14.7 Å². The lowest BCUT2D eigenvalue weighted by Crippen LogP contribution is -2.40. The number of rotatable bonds is 5. The Morgan fingerprint density at radius 1 is 1.31 bits per heavy atom. The average Bonchev–Trinajstić information content (AvgIpc) is 2.64. The van der Waals surface area contributed by atoms with Gasteiger partial charge in [0.25, 0.3) is 0 Å². The Morgan fingerprint density at radius 3 is 2.88 bits per heavy atom. The summed E-state index contributed by atoms with van der Waals surface area (Å²) < 4.78 is 0. The number of likely N-dealkylation sites (tertiary alicyclic amines) is 1. The van der Waals surface area contributed by atoms with Crippen LogP contribution >= 0.6 is 11.6 Å². The Labute approximate surface area is 156 Å². The molecule has 2 aromatic rings. The van der Waals surface area contributed by atoms with Gasteiger partial charge in [0, 0.05) is 19.3 Å². The van der Waals surface area contributed by atoms with Crippen LogP contribution in [0.5, 0.6) is 0 Å². The normalized spacial score (nSPS) is 17.7. The van der Waals surface area contributed by atoms with Crippen molar-refractivity contribution in [3.63, 3.8) is 0 Å². The van der Waals surface area contributed by atoms with E-state index in [2.05, 4.69) is 15.2 Å². The van der Waals surface area contributed by atoms with Crippen molar-refractivity contribution in [1.82, 2.24) is 9.88 Å². The molecule has 1 aromatic heterocycles. The Balaban J connectivity index is 1.60. The summed E-state index contributed by atoms with van der Waals surface area (Å²) in [6.45, 7) is 2.15. The second kappa shape index (κ2) is 8.29. The Kier molecular flexibility index (Phi) is 5.85. The number of hydrogen-bond donors (Lipinski definition) is 2. The number of piperidine rings is 1. The van der Waals surface area contributed by atoms with E-state index in [9.17, 15) is 9.59 Å². The zero-order valence-electron chi connectivity index (χ0n) is 14.2. The van der Waals surface area contributed by atoms with Gasteiger partial charge < -0.3 is 10.4 Å². The van der Waals surface area contributed by atoms with Crippen LogP contribution in [-0.2, 0) is 11.3 Å². The molecule has 0 spiro atoms. The van der Waals surface area contributed by atoms with Gasteiger partial charge in [0.05, 0.1) is 16.5 Å². The van der Waals surface area contributed by atoms with E-state index >= 15 is 0 Å². The maximum absolute atomic E-state index is 12.5. The van der Waals surface area contributed by atoms with E-state index < -0.39 is 5.97 Å². The van der Waals surface area contributed by atoms with Gasteiger partial charge in [-0.25, -0.2) is 9.78 Å². The summed E-state index contributed by atoms with van der Waals surface area (Å²) in [7, 11) is 0. The number of aromatic carboxylic acids is 1. The second-order valence-electron chi connectivity index (χ2n) is 6.43. The number of pyridine rings is 1. The van der Waals surface area contributed by atoms with Crippen molar-refractivity contribution in [1.29, 1.82) is 0 Å². The molecule has 3 rings (SSSR count). The molecule has 2 N–H and O–H groups in total. The number of benzene rings is 1. The van der Waals surface area contributed by atoms with Gasteiger partial charge in [0.15, 0.2) is 0 Å². The van der Waals surface area contributed by atoms with Gasteiger partial charge in [0.2, 0.25) is 5.91 Å². The van der Waals surface area contributed by atoms with E-state index in [1.54, 1.807) is 30.3 Å². The molecule has 0 aliphatic carbocycles. The van der Waals surface area contributed by atoms with Crippen molar-refractivity contribution >= 4 is 29.3 Å². The van der Waals surface area contributed by atoms with Crippen LogP contribution in [0, 0.1) is 5.92 Å². The first-order chi connectivity index (χ1) is 12.5. The number of nitrogens with one attached hydrogen (secondary N) is 1. The molecule has 136 valence electrons. The number of halogens is 1. The van der Waals surface area contributed by atoms with E-state index in [-0.39, 0.29) is 17.4 Å². The highest BCUT2D eigenvalue weighted by Gasteiger charge is 2.26. The second-order valence-corrected chi connectivity index (χ2v) is 6.87. The fourth-order valence-electron chi connectivity index (χ4n) is 3.15. The van der Waals surface area contributed by atoms with Crippen LogP contribution in [0.3, 0.4) is 0 Å². The van der Waals surface area contributed by atoms with Crippen LogP contribution in [-0.4, -0.2) is 40.0 Å². The van der Waals surface area contributed by atoms with Gasteiger partial charge in [-0.1, -0.05) is 23.7 Å². The van der Waals surface area contributed by atoms with Crippen LogP contribution in [0.15, 0.2) is 42.6 Å². The van der Waals surface area contributed by atoms with Crippen molar-refractivity contribution in [2.75, 3.05) is 18.4 Å². The molecule has 1 unspecified atom stereocenters. The van der Waals surface area contributed by atoms with Crippen molar-refractivity contribution in [3.05, 3.63) is 58.7 Å². The molecule has 1 atom stereocenters. The number of carboxylic acids is 1. The van der Waals surface area contributed by atoms with Gasteiger partial charge in [-0.2, -0.15) is 0 Å². The number of carbonyl (C=O) groups excluding carboxylic acids is 1. The topological polar surface area (TPSA) is 82.5 Å². The fraction of sp³-hybridized carbons (Fsp3) is 0.316. The van der Waals surface area contributed by atoms with Crippen molar-refractivity contribution in [2.45, 2.75) is 19.4 Å².